The second kappa shape index (κ2) is 2.49. The molecule has 0 unspecified atom stereocenters. The van der Waals surface area contributed by atoms with Crippen molar-refractivity contribution in [3.8, 4) is 0 Å². The Labute approximate surface area is 75.8 Å². The van der Waals surface area contributed by atoms with Crippen LogP contribution in [0.2, 0.25) is 5.15 Å². The van der Waals surface area contributed by atoms with Crippen molar-refractivity contribution in [2.45, 2.75) is 6.92 Å². The topological polar surface area (TPSA) is 17.8 Å². The molecule has 0 spiro atoms. The van der Waals surface area contributed by atoms with E-state index in [1.807, 2.05) is 36.9 Å². The molecule has 0 aromatic carbocycles. The Morgan fingerprint density at radius 3 is 3.00 bits per heavy atom. The molecule has 0 N–H and O–H groups in total. The summed E-state index contributed by atoms with van der Waals surface area (Å²) in [6.45, 7) is 1.96. The van der Waals surface area contributed by atoms with E-state index in [-0.39, 0.29) is 0 Å². The van der Waals surface area contributed by atoms with Crippen molar-refractivity contribution < 1.29 is 0 Å². The van der Waals surface area contributed by atoms with Crippen molar-refractivity contribution in [3.05, 3.63) is 29.0 Å². The molecule has 0 aliphatic rings. The molecule has 0 saturated carbocycles. The molecule has 12 heavy (non-hydrogen) atoms. The van der Waals surface area contributed by atoms with Gasteiger partial charge in [0.25, 0.3) is 0 Å². The number of aromatic nitrogens is 2. The molecule has 0 saturated heterocycles. The van der Waals surface area contributed by atoms with E-state index in [0.717, 1.165) is 16.6 Å². The van der Waals surface area contributed by atoms with Crippen LogP contribution in [0.1, 0.15) is 5.56 Å². The van der Waals surface area contributed by atoms with Crippen LogP contribution in [0.15, 0.2) is 18.3 Å². The predicted molar refractivity (Wildman–Crippen MR) is 50.5 cm³/mol. The second-order valence-electron chi connectivity index (χ2n) is 2.94. The van der Waals surface area contributed by atoms with Crippen LogP contribution >= 0.6 is 11.6 Å². The molecule has 2 rings (SSSR count). The highest BCUT2D eigenvalue weighted by Gasteiger charge is 2.02. The zero-order chi connectivity index (χ0) is 8.72. The second-order valence-corrected chi connectivity index (χ2v) is 3.29. The molecule has 62 valence electrons. The normalized spacial score (nSPS) is 10.9. The van der Waals surface area contributed by atoms with E-state index in [2.05, 4.69) is 4.98 Å². The molecule has 0 aliphatic heterocycles. The van der Waals surface area contributed by atoms with E-state index in [4.69, 9.17) is 11.6 Å². The number of fused-ring (bicyclic) bond motifs is 1. The molecular formula is C9H9ClN2. The summed E-state index contributed by atoms with van der Waals surface area (Å²) in [7, 11) is 1.96. The van der Waals surface area contributed by atoms with Gasteiger partial charge in [-0.05, 0) is 24.6 Å². The van der Waals surface area contributed by atoms with Crippen LogP contribution < -0.4 is 0 Å². The van der Waals surface area contributed by atoms with E-state index in [0.29, 0.717) is 5.15 Å². The van der Waals surface area contributed by atoms with Crippen LogP contribution in [-0.2, 0) is 7.05 Å². The average molecular weight is 181 g/mol. The lowest BCUT2D eigenvalue weighted by Crippen LogP contribution is -1.89. The van der Waals surface area contributed by atoms with Gasteiger partial charge in [-0.15, -0.1) is 0 Å². The maximum absolute atomic E-state index is 5.89. The lowest BCUT2D eigenvalue weighted by Gasteiger charge is -1.98. The van der Waals surface area contributed by atoms with Gasteiger partial charge in [0.15, 0.2) is 0 Å². The van der Waals surface area contributed by atoms with Gasteiger partial charge in [-0.1, -0.05) is 11.6 Å². The Balaban J connectivity index is 2.87. The zero-order valence-electron chi connectivity index (χ0n) is 7.00. The Kier molecular flexibility index (Phi) is 1.58. The molecule has 0 radical (unpaired) electrons. The summed E-state index contributed by atoms with van der Waals surface area (Å²) in [5, 5.41) is 1.73. The largest absolute Gasteiger partial charge is 0.336 e. The van der Waals surface area contributed by atoms with Gasteiger partial charge in [0.1, 0.15) is 10.8 Å². The van der Waals surface area contributed by atoms with Gasteiger partial charge < -0.3 is 4.57 Å². The van der Waals surface area contributed by atoms with Crippen molar-refractivity contribution in [1.29, 1.82) is 0 Å². The zero-order valence-corrected chi connectivity index (χ0v) is 7.76. The Bertz CT molecular complexity index is 431. The van der Waals surface area contributed by atoms with Gasteiger partial charge >= 0.3 is 0 Å². The highest BCUT2D eigenvalue weighted by molar-refractivity contribution is 6.30. The third-order valence-electron chi connectivity index (χ3n) is 1.97. The average Bonchev–Trinajstić information content (AvgIpc) is 2.35. The van der Waals surface area contributed by atoms with Crippen molar-refractivity contribution in [2.24, 2.45) is 7.05 Å². The van der Waals surface area contributed by atoms with Gasteiger partial charge in [0, 0.05) is 18.6 Å². The highest BCUT2D eigenvalue weighted by Crippen LogP contribution is 2.19. The molecule has 2 aromatic heterocycles. The van der Waals surface area contributed by atoms with E-state index in [9.17, 15) is 0 Å². The van der Waals surface area contributed by atoms with Crippen LogP contribution in [0.5, 0.6) is 0 Å². The summed E-state index contributed by atoms with van der Waals surface area (Å²) in [5.74, 6) is 0. The van der Waals surface area contributed by atoms with Gasteiger partial charge in [-0.3, -0.25) is 0 Å². The molecule has 0 aliphatic carbocycles. The fourth-order valence-electron chi connectivity index (χ4n) is 1.27. The molecule has 3 heteroatoms. The smallest absolute Gasteiger partial charge is 0.141 e. The minimum Gasteiger partial charge on any atom is -0.336 e. The number of rotatable bonds is 0. The van der Waals surface area contributed by atoms with Crippen molar-refractivity contribution in [1.82, 2.24) is 9.55 Å². The van der Waals surface area contributed by atoms with E-state index < -0.39 is 0 Å². The molecule has 0 atom stereocenters. The number of hydrogen-bond acceptors (Lipinski definition) is 1. The van der Waals surface area contributed by atoms with Crippen molar-refractivity contribution in [3.63, 3.8) is 0 Å². The van der Waals surface area contributed by atoms with Crippen LogP contribution in [0.25, 0.3) is 11.0 Å². The number of hydrogen-bond donors (Lipinski definition) is 0. The summed E-state index contributed by atoms with van der Waals surface area (Å²) >= 11 is 5.89. The summed E-state index contributed by atoms with van der Waals surface area (Å²) in [6, 6.07) is 4.08. The minimum absolute atomic E-state index is 0.587. The molecular weight excluding hydrogens is 172 g/mol. The quantitative estimate of drug-likeness (QED) is 0.570. The summed E-state index contributed by atoms with van der Waals surface area (Å²) in [5.41, 5.74) is 1.96. The van der Waals surface area contributed by atoms with E-state index >= 15 is 0 Å². The summed E-state index contributed by atoms with van der Waals surface area (Å²) in [4.78, 5) is 4.26. The van der Waals surface area contributed by atoms with Gasteiger partial charge in [0.2, 0.25) is 0 Å². The van der Waals surface area contributed by atoms with E-state index in [1.165, 1.54) is 0 Å². The first-order valence-corrected chi connectivity index (χ1v) is 4.14. The lowest BCUT2D eigenvalue weighted by molar-refractivity contribution is 0.947. The number of pyridine rings is 1. The van der Waals surface area contributed by atoms with Gasteiger partial charge in [-0.2, -0.15) is 0 Å². The van der Waals surface area contributed by atoms with Crippen LogP contribution in [0.4, 0.5) is 0 Å². The van der Waals surface area contributed by atoms with Gasteiger partial charge in [-0.25, -0.2) is 4.98 Å². The summed E-state index contributed by atoms with van der Waals surface area (Å²) in [6.07, 6.45) is 1.98. The minimum atomic E-state index is 0.587. The monoisotopic (exact) mass is 180 g/mol. The van der Waals surface area contributed by atoms with Crippen LogP contribution in [0, 0.1) is 6.92 Å². The van der Waals surface area contributed by atoms with E-state index in [1.54, 1.807) is 0 Å². The summed E-state index contributed by atoms with van der Waals surface area (Å²) < 4.78 is 1.96. The predicted octanol–water partition coefficient (Wildman–Crippen LogP) is 2.54. The van der Waals surface area contributed by atoms with Crippen molar-refractivity contribution >= 4 is 22.6 Å². The third-order valence-corrected chi connectivity index (χ3v) is 2.35. The fraction of sp³-hybridized carbons (Fsp3) is 0.222. The Hall–Kier alpha value is -1.02. The maximum Gasteiger partial charge on any atom is 0.141 e. The Morgan fingerprint density at radius 2 is 2.25 bits per heavy atom. The molecule has 0 fully saturated rings. The van der Waals surface area contributed by atoms with Crippen molar-refractivity contribution in [2.75, 3.05) is 0 Å². The number of aryl methyl sites for hydroxylation is 2. The standard InChI is InChI=1S/C9H9ClN2/c1-6-5-7-3-4-12(2)9(7)11-8(6)10/h3-5H,1-2H3. The Morgan fingerprint density at radius 1 is 1.50 bits per heavy atom. The molecule has 2 nitrogen and oxygen atoms in total. The first-order chi connectivity index (χ1) is 5.68. The number of nitrogens with zero attached hydrogens (tertiary/aromatic N) is 2. The fourth-order valence-corrected chi connectivity index (χ4v) is 1.41. The molecule has 0 bridgehead atoms. The molecule has 0 amide bonds. The first kappa shape index (κ1) is 7.62. The molecule has 2 heterocycles. The van der Waals surface area contributed by atoms with Gasteiger partial charge in [0.05, 0.1) is 0 Å². The van der Waals surface area contributed by atoms with Crippen LogP contribution in [0.3, 0.4) is 0 Å². The third kappa shape index (κ3) is 0.994. The van der Waals surface area contributed by atoms with Crippen LogP contribution in [-0.4, -0.2) is 9.55 Å². The number of halogens is 1. The SMILES string of the molecule is Cc1cc2ccn(C)c2nc1Cl. The highest BCUT2D eigenvalue weighted by atomic mass is 35.5. The molecule has 2 aromatic rings. The maximum atomic E-state index is 5.89. The first-order valence-electron chi connectivity index (χ1n) is 3.76. The lowest BCUT2D eigenvalue weighted by atomic mass is 10.2.